The number of nitrogens with zero attached hydrogens (tertiary/aromatic N) is 1. The Morgan fingerprint density at radius 3 is 2.82 bits per heavy atom. The van der Waals surface area contributed by atoms with Gasteiger partial charge in [0.1, 0.15) is 0 Å². The minimum Gasteiger partial charge on any atom is -0.431 e. The third-order valence-corrected chi connectivity index (χ3v) is 3.46. The number of carbonyl (C=O) groups excluding carboxylic acids is 1. The SMILES string of the molecule is CN1C=CSC1OC(=O)CCc1ccccc1. The Kier molecular flexibility index (Phi) is 4.09. The third kappa shape index (κ3) is 3.53. The van der Waals surface area contributed by atoms with Crippen LogP contribution >= 0.6 is 11.8 Å². The number of aryl methyl sites for hydroxylation is 1. The molecule has 0 saturated carbocycles. The zero-order valence-electron chi connectivity index (χ0n) is 9.70. The van der Waals surface area contributed by atoms with E-state index in [2.05, 4.69) is 0 Å². The van der Waals surface area contributed by atoms with E-state index in [0.717, 1.165) is 12.0 Å². The average molecular weight is 249 g/mol. The van der Waals surface area contributed by atoms with Crippen LogP contribution in [0.1, 0.15) is 12.0 Å². The third-order valence-electron chi connectivity index (χ3n) is 2.52. The molecule has 1 aliphatic rings. The Morgan fingerprint density at radius 1 is 1.41 bits per heavy atom. The maximum Gasteiger partial charge on any atom is 0.308 e. The topological polar surface area (TPSA) is 29.5 Å². The van der Waals surface area contributed by atoms with Crippen LogP contribution in [0.2, 0.25) is 0 Å². The van der Waals surface area contributed by atoms with Gasteiger partial charge in [0, 0.05) is 19.7 Å². The fourth-order valence-electron chi connectivity index (χ4n) is 1.54. The van der Waals surface area contributed by atoms with E-state index in [1.807, 2.05) is 53.9 Å². The molecule has 1 aromatic rings. The molecule has 1 unspecified atom stereocenters. The van der Waals surface area contributed by atoms with Crippen molar-refractivity contribution in [3.05, 3.63) is 47.5 Å². The molecule has 0 radical (unpaired) electrons. The Labute approximate surface area is 105 Å². The first-order chi connectivity index (χ1) is 8.25. The van der Waals surface area contributed by atoms with Crippen LogP contribution in [0.15, 0.2) is 41.9 Å². The first kappa shape index (κ1) is 12.0. The van der Waals surface area contributed by atoms with Crippen LogP contribution < -0.4 is 0 Å². The molecular formula is C13H15NO2S. The van der Waals surface area contributed by atoms with Crippen molar-refractivity contribution < 1.29 is 9.53 Å². The predicted molar refractivity (Wildman–Crippen MR) is 69.1 cm³/mol. The lowest BCUT2D eigenvalue weighted by Gasteiger charge is -2.19. The highest BCUT2D eigenvalue weighted by Gasteiger charge is 2.20. The van der Waals surface area contributed by atoms with Crippen molar-refractivity contribution >= 4 is 17.7 Å². The Hall–Kier alpha value is -1.42. The van der Waals surface area contributed by atoms with Crippen LogP contribution in [0.5, 0.6) is 0 Å². The van der Waals surface area contributed by atoms with Crippen LogP contribution in [0.4, 0.5) is 0 Å². The molecule has 3 nitrogen and oxygen atoms in total. The molecule has 1 aliphatic heterocycles. The summed E-state index contributed by atoms with van der Waals surface area (Å²) in [6.07, 6.45) is 3.06. The van der Waals surface area contributed by atoms with E-state index in [4.69, 9.17) is 4.74 Å². The maximum absolute atomic E-state index is 11.6. The summed E-state index contributed by atoms with van der Waals surface area (Å²) in [4.78, 5) is 13.5. The smallest absolute Gasteiger partial charge is 0.308 e. The summed E-state index contributed by atoms with van der Waals surface area (Å²) in [7, 11) is 1.89. The number of hydrogen-bond donors (Lipinski definition) is 0. The van der Waals surface area contributed by atoms with Gasteiger partial charge in [-0.2, -0.15) is 0 Å². The zero-order chi connectivity index (χ0) is 12.1. The highest BCUT2D eigenvalue weighted by molar-refractivity contribution is 8.02. The largest absolute Gasteiger partial charge is 0.431 e. The van der Waals surface area contributed by atoms with Gasteiger partial charge >= 0.3 is 5.97 Å². The highest BCUT2D eigenvalue weighted by atomic mass is 32.2. The van der Waals surface area contributed by atoms with Crippen LogP contribution in [0, 0.1) is 0 Å². The highest BCUT2D eigenvalue weighted by Crippen LogP contribution is 2.24. The molecule has 17 heavy (non-hydrogen) atoms. The number of benzene rings is 1. The first-order valence-electron chi connectivity index (χ1n) is 5.53. The lowest BCUT2D eigenvalue weighted by molar-refractivity contribution is -0.149. The summed E-state index contributed by atoms with van der Waals surface area (Å²) in [5, 5.41) is 1.93. The molecule has 2 rings (SSSR count). The van der Waals surface area contributed by atoms with Crippen LogP contribution in [-0.2, 0) is 16.0 Å². The Balaban J connectivity index is 1.75. The van der Waals surface area contributed by atoms with Crippen LogP contribution in [-0.4, -0.2) is 23.5 Å². The summed E-state index contributed by atoms with van der Waals surface area (Å²) in [6.45, 7) is 0. The molecule has 1 atom stereocenters. The molecule has 0 saturated heterocycles. The van der Waals surface area contributed by atoms with Gasteiger partial charge in [0.25, 0.3) is 0 Å². The number of ether oxygens (including phenoxy) is 1. The molecule has 4 heteroatoms. The van der Waals surface area contributed by atoms with E-state index in [-0.39, 0.29) is 11.5 Å². The van der Waals surface area contributed by atoms with Gasteiger partial charge in [0.15, 0.2) is 0 Å². The van der Waals surface area contributed by atoms with Crippen molar-refractivity contribution in [2.75, 3.05) is 7.05 Å². The van der Waals surface area contributed by atoms with Crippen molar-refractivity contribution in [1.82, 2.24) is 4.90 Å². The second-order valence-electron chi connectivity index (χ2n) is 3.87. The molecule has 0 bridgehead atoms. The summed E-state index contributed by atoms with van der Waals surface area (Å²) in [6, 6.07) is 9.96. The van der Waals surface area contributed by atoms with Gasteiger partial charge in [-0.05, 0) is 17.4 Å². The van der Waals surface area contributed by atoms with E-state index in [1.165, 1.54) is 11.8 Å². The quantitative estimate of drug-likeness (QED) is 0.767. The molecule has 0 spiro atoms. The monoisotopic (exact) mass is 249 g/mol. The number of hydrogen-bond acceptors (Lipinski definition) is 4. The molecule has 0 amide bonds. The van der Waals surface area contributed by atoms with Gasteiger partial charge in [0.05, 0.1) is 0 Å². The fraction of sp³-hybridized carbons (Fsp3) is 0.308. The second-order valence-corrected chi connectivity index (χ2v) is 4.82. The van der Waals surface area contributed by atoms with Crippen molar-refractivity contribution in [1.29, 1.82) is 0 Å². The predicted octanol–water partition coefficient (Wildman–Crippen LogP) is 2.60. The lowest BCUT2D eigenvalue weighted by atomic mass is 10.1. The summed E-state index contributed by atoms with van der Waals surface area (Å²) in [5.41, 5.74) is 0.966. The van der Waals surface area contributed by atoms with Crippen molar-refractivity contribution in [2.45, 2.75) is 18.4 Å². The molecule has 0 fully saturated rings. The summed E-state index contributed by atoms with van der Waals surface area (Å²) < 4.78 is 5.33. The summed E-state index contributed by atoms with van der Waals surface area (Å²) >= 11 is 1.50. The number of rotatable bonds is 4. The zero-order valence-corrected chi connectivity index (χ0v) is 10.5. The average Bonchev–Trinajstić information content (AvgIpc) is 2.74. The molecule has 1 heterocycles. The van der Waals surface area contributed by atoms with Gasteiger partial charge in [-0.1, -0.05) is 42.1 Å². The van der Waals surface area contributed by atoms with E-state index in [0.29, 0.717) is 6.42 Å². The van der Waals surface area contributed by atoms with Crippen molar-refractivity contribution in [3.8, 4) is 0 Å². The van der Waals surface area contributed by atoms with Gasteiger partial charge in [-0.15, -0.1) is 0 Å². The fourth-order valence-corrected chi connectivity index (χ4v) is 2.36. The standard InChI is InChI=1S/C13H15NO2S/c1-14-9-10-17-13(14)16-12(15)8-7-11-5-3-2-4-6-11/h2-6,9-10,13H,7-8H2,1H3. The van der Waals surface area contributed by atoms with Gasteiger partial charge < -0.3 is 9.64 Å². The second kappa shape index (κ2) is 5.77. The van der Waals surface area contributed by atoms with Crippen LogP contribution in [0.25, 0.3) is 0 Å². The molecule has 0 aliphatic carbocycles. The number of esters is 1. The minimum atomic E-state index is -0.196. The van der Waals surface area contributed by atoms with Gasteiger partial charge in [-0.25, -0.2) is 0 Å². The number of carbonyl (C=O) groups is 1. The first-order valence-corrected chi connectivity index (χ1v) is 6.47. The molecular weight excluding hydrogens is 234 g/mol. The van der Waals surface area contributed by atoms with E-state index >= 15 is 0 Å². The van der Waals surface area contributed by atoms with Crippen molar-refractivity contribution in [3.63, 3.8) is 0 Å². The maximum atomic E-state index is 11.6. The minimum absolute atomic E-state index is 0.151. The Bertz CT molecular complexity index is 405. The van der Waals surface area contributed by atoms with Crippen LogP contribution in [0.3, 0.4) is 0 Å². The Morgan fingerprint density at radius 2 is 2.18 bits per heavy atom. The van der Waals surface area contributed by atoms with Gasteiger partial charge in [-0.3, -0.25) is 4.79 Å². The van der Waals surface area contributed by atoms with E-state index < -0.39 is 0 Å². The molecule has 1 aromatic carbocycles. The number of thioether (sulfide) groups is 1. The van der Waals surface area contributed by atoms with E-state index in [9.17, 15) is 4.79 Å². The molecule has 0 aromatic heterocycles. The molecule has 90 valence electrons. The normalized spacial score (nSPS) is 18.4. The van der Waals surface area contributed by atoms with Gasteiger partial charge in [0.2, 0.25) is 5.56 Å². The van der Waals surface area contributed by atoms with E-state index in [1.54, 1.807) is 0 Å². The van der Waals surface area contributed by atoms with Crippen molar-refractivity contribution in [2.24, 2.45) is 0 Å². The molecule has 0 N–H and O–H groups in total. The summed E-state index contributed by atoms with van der Waals surface area (Å²) in [5.74, 6) is -0.151. The lowest BCUT2D eigenvalue weighted by Crippen LogP contribution is -2.26.